The number of hydrogen-bond acceptors (Lipinski definition) is 6. The highest BCUT2D eigenvalue weighted by atomic mass is 35.5. The standard InChI is InChI=1S/C21H34ClN5O2/c1-5-16-14-26(19-18(22)12-15(23)13-24-19)10-11-27(16)17-6-8-25(9-7-17)20(28)29-21(2,3)4/h12-13,16-17H,5-11,14,23H2,1-4H3. The molecule has 7 nitrogen and oxygen atoms in total. The van der Waals surface area contributed by atoms with Crippen LogP contribution >= 0.6 is 11.6 Å². The van der Waals surface area contributed by atoms with E-state index in [2.05, 4.69) is 21.7 Å². The lowest BCUT2D eigenvalue weighted by Crippen LogP contribution is -2.59. The Kier molecular flexibility index (Phi) is 6.79. The third-order valence-corrected chi connectivity index (χ3v) is 6.01. The lowest BCUT2D eigenvalue weighted by molar-refractivity contribution is 0.00945. The number of carbonyl (C=O) groups excluding carboxylic acids is 1. The second-order valence-electron chi connectivity index (χ2n) is 9.02. The highest BCUT2D eigenvalue weighted by Crippen LogP contribution is 2.30. The second kappa shape index (κ2) is 8.96. The summed E-state index contributed by atoms with van der Waals surface area (Å²) in [6, 6.07) is 2.71. The fraction of sp³-hybridized carbons (Fsp3) is 0.714. The van der Waals surface area contributed by atoms with Crippen molar-refractivity contribution in [1.29, 1.82) is 0 Å². The summed E-state index contributed by atoms with van der Waals surface area (Å²) in [5, 5.41) is 0.610. The molecular weight excluding hydrogens is 390 g/mol. The van der Waals surface area contributed by atoms with Crippen molar-refractivity contribution in [2.75, 3.05) is 43.4 Å². The van der Waals surface area contributed by atoms with Crippen LogP contribution in [0, 0.1) is 0 Å². The summed E-state index contributed by atoms with van der Waals surface area (Å²) in [7, 11) is 0. The monoisotopic (exact) mass is 423 g/mol. The minimum Gasteiger partial charge on any atom is -0.444 e. The molecular formula is C21H34ClN5O2. The summed E-state index contributed by atoms with van der Waals surface area (Å²) in [5.74, 6) is 0.818. The Bertz CT molecular complexity index is 716. The summed E-state index contributed by atoms with van der Waals surface area (Å²) >= 11 is 6.38. The van der Waals surface area contributed by atoms with Crippen molar-refractivity contribution < 1.29 is 9.53 Å². The fourth-order valence-electron chi connectivity index (χ4n) is 4.29. The number of nitrogens with zero attached hydrogens (tertiary/aromatic N) is 4. The van der Waals surface area contributed by atoms with E-state index >= 15 is 0 Å². The lowest BCUT2D eigenvalue weighted by Gasteiger charge is -2.47. The topological polar surface area (TPSA) is 74.9 Å². The van der Waals surface area contributed by atoms with E-state index in [-0.39, 0.29) is 6.09 Å². The van der Waals surface area contributed by atoms with Crippen LogP contribution in [-0.4, -0.2) is 71.3 Å². The molecule has 2 aliphatic rings. The van der Waals surface area contributed by atoms with Gasteiger partial charge in [-0.15, -0.1) is 0 Å². The number of rotatable bonds is 3. The predicted molar refractivity (Wildman–Crippen MR) is 117 cm³/mol. The molecule has 0 aromatic carbocycles. The molecule has 29 heavy (non-hydrogen) atoms. The van der Waals surface area contributed by atoms with Gasteiger partial charge < -0.3 is 20.3 Å². The normalized spacial score (nSPS) is 22.0. The van der Waals surface area contributed by atoms with E-state index < -0.39 is 5.60 Å². The molecule has 0 aliphatic carbocycles. The molecule has 162 valence electrons. The van der Waals surface area contributed by atoms with Crippen molar-refractivity contribution in [2.24, 2.45) is 0 Å². The number of carbonyl (C=O) groups is 1. The zero-order valence-electron chi connectivity index (χ0n) is 18.0. The van der Waals surface area contributed by atoms with Crippen LogP contribution in [-0.2, 0) is 4.74 Å². The van der Waals surface area contributed by atoms with Crippen molar-refractivity contribution in [3.63, 3.8) is 0 Å². The van der Waals surface area contributed by atoms with Crippen molar-refractivity contribution in [1.82, 2.24) is 14.8 Å². The number of halogens is 1. The molecule has 1 amide bonds. The Morgan fingerprint density at radius 2 is 1.97 bits per heavy atom. The van der Waals surface area contributed by atoms with Crippen LogP contribution in [0.1, 0.15) is 47.0 Å². The van der Waals surface area contributed by atoms with E-state index in [1.807, 2.05) is 25.7 Å². The van der Waals surface area contributed by atoms with E-state index in [0.29, 0.717) is 22.8 Å². The highest BCUT2D eigenvalue weighted by Gasteiger charge is 2.35. The maximum atomic E-state index is 12.3. The Morgan fingerprint density at radius 3 is 2.55 bits per heavy atom. The average molecular weight is 424 g/mol. The van der Waals surface area contributed by atoms with Crippen molar-refractivity contribution in [3.05, 3.63) is 17.3 Å². The van der Waals surface area contributed by atoms with Crippen LogP contribution in [0.25, 0.3) is 0 Å². The molecule has 0 radical (unpaired) electrons. The van der Waals surface area contributed by atoms with Gasteiger partial charge in [0.2, 0.25) is 0 Å². The molecule has 3 heterocycles. The smallest absolute Gasteiger partial charge is 0.410 e. The summed E-state index contributed by atoms with van der Waals surface area (Å²) in [6.45, 7) is 12.2. The van der Waals surface area contributed by atoms with Crippen LogP contribution in [0.4, 0.5) is 16.3 Å². The SMILES string of the molecule is CCC1CN(c2ncc(N)cc2Cl)CCN1C1CCN(C(=O)OC(C)(C)C)CC1. The Balaban J connectivity index is 1.58. The number of piperidine rings is 1. The first-order valence-corrected chi connectivity index (χ1v) is 11.0. The minimum absolute atomic E-state index is 0.197. The highest BCUT2D eigenvalue weighted by molar-refractivity contribution is 6.33. The summed E-state index contributed by atoms with van der Waals surface area (Å²) < 4.78 is 5.52. The Labute approximate surface area is 179 Å². The lowest BCUT2D eigenvalue weighted by atomic mass is 9.98. The third-order valence-electron chi connectivity index (χ3n) is 5.73. The summed E-state index contributed by atoms with van der Waals surface area (Å²) in [6.07, 6.45) is 4.50. The van der Waals surface area contributed by atoms with Gasteiger partial charge >= 0.3 is 6.09 Å². The molecule has 2 aliphatic heterocycles. The molecule has 2 fully saturated rings. The van der Waals surface area contributed by atoms with E-state index in [9.17, 15) is 4.79 Å². The number of nitrogen functional groups attached to an aromatic ring is 1. The largest absolute Gasteiger partial charge is 0.444 e. The number of aromatic nitrogens is 1. The number of piperazine rings is 1. The summed E-state index contributed by atoms with van der Waals surface area (Å²) in [5.41, 5.74) is 5.92. The Hall–Kier alpha value is -1.73. The first kappa shape index (κ1) is 22.0. The van der Waals surface area contributed by atoms with Gasteiger partial charge in [0.15, 0.2) is 0 Å². The molecule has 8 heteroatoms. The number of pyridine rings is 1. The molecule has 2 N–H and O–H groups in total. The number of ether oxygens (including phenoxy) is 1. The van der Waals surface area contributed by atoms with E-state index in [1.54, 1.807) is 12.3 Å². The predicted octanol–water partition coefficient (Wildman–Crippen LogP) is 3.62. The van der Waals surface area contributed by atoms with Gasteiger partial charge in [0.25, 0.3) is 0 Å². The van der Waals surface area contributed by atoms with E-state index in [0.717, 1.165) is 57.8 Å². The van der Waals surface area contributed by atoms with Gasteiger partial charge in [-0.05, 0) is 46.1 Å². The van der Waals surface area contributed by atoms with Gasteiger partial charge in [-0.3, -0.25) is 4.90 Å². The van der Waals surface area contributed by atoms with E-state index in [4.69, 9.17) is 22.1 Å². The van der Waals surface area contributed by atoms with Gasteiger partial charge in [-0.25, -0.2) is 9.78 Å². The quantitative estimate of drug-likeness (QED) is 0.800. The molecule has 1 aromatic heterocycles. The maximum Gasteiger partial charge on any atom is 0.410 e. The van der Waals surface area contributed by atoms with Crippen molar-refractivity contribution in [2.45, 2.75) is 64.6 Å². The van der Waals surface area contributed by atoms with Crippen LogP contribution in [0.2, 0.25) is 5.02 Å². The molecule has 0 bridgehead atoms. The van der Waals surface area contributed by atoms with Crippen LogP contribution in [0.5, 0.6) is 0 Å². The first-order valence-electron chi connectivity index (χ1n) is 10.6. The molecule has 2 saturated heterocycles. The van der Waals surface area contributed by atoms with Gasteiger partial charge in [0.1, 0.15) is 11.4 Å². The zero-order valence-corrected chi connectivity index (χ0v) is 18.8. The van der Waals surface area contributed by atoms with E-state index in [1.165, 1.54) is 0 Å². The second-order valence-corrected chi connectivity index (χ2v) is 9.43. The number of hydrogen-bond donors (Lipinski definition) is 1. The molecule has 0 spiro atoms. The van der Waals surface area contributed by atoms with Crippen LogP contribution in [0.3, 0.4) is 0 Å². The maximum absolute atomic E-state index is 12.3. The number of anilines is 2. The third kappa shape index (κ3) is 5.45. The van der Waals surface area contributed by atoms with Gasteiger partial charge in [0.05, 0.1) is 16.9 Å². The molecule has 1 unspecified atom stereocenters. The van der Waals surface area contributed by atoms with Crippen molar-refractivity contribution >= 4 is 29.2 Å². The molecule has 1 atom stereocenters. The average Bonchev–Trinajstić information content (AvgIpc) is 2.66. The minimum atomic E-state index is -0.449. The number of likely N-dealkylation sites (tertiary alicyclic amines) is 1. The molecule has 3 rings (SSSR count). The fourth-order valence-corrected chi connectivity index (χ4v) is 4.59. The van der Waals surface area contributed by atoms with Crippen LogP contribution in [0.15, 0.2) is 12.3 Å². The van der Waals surface area contributed by atoms with Crippen LogP contribution < -0.4 is 10.6 Å². The number of amides is 1. The molecule has 0 saturated carbocycles. The zero-order chi connectivity index (χ0) is 21.2. The summed E-state index contributed by atoms with van der Waals surface area (Å²) in [4.78, 5) is 23.5. The van der Waals surface area contributed by atoms with Gasteiger partial charge in [0, 0.05) is 44.8 Å². The molecule has 1 aromatic rings. The Morgan fingerprint density at radius 1 is 1.28 bits per heavy atom. The van der Waals surface area contributed by atoms with Gasteiger partial charge in [-0.1, -0.05) is 18.5 Å². The van der Waals surface area contributed by atoms with Gasteiger partial charge in [-0.2, -0.15) is 0 Å². The first-order chi connectivity index (χ1) is 13.7. The number of nitrogens with two attached hydrogens (primary N) is 1. The van der Waals surface area contributed by atoms with Crippen molar-refractivity contribution in [3.8, 4) is 0 Å².